The normalized spacial score (nSPS) is 12.7. The fourth-order valence-corrected chi connectivity index (χ4v) is 3.03. The molecule has 0 spiro atoms. The summed E-state index contributed by atoms with van der Waals surface area (Å²) in [6.45, 7) is 2.06. The molecule has 2 rings (SSSR count). The lowest BCUT2D eigenvalue weighted by molar-refractivity contribution is 0.647. The molecule has 0 radical (unpaired) electrons. The van der Waals surface area contributed by atoms with E-state index >= 15 is 0 Å². The Hall–Kier alpha value is -0.580. The Morgan fingerprint density at radius 1 is 1.24 bits per heavy atom. The molecule has 17 heavy (non-hydrogen) atoms. The van der Waals surface area contributed by atoms with Gasteiger partial charge in [-0.05, 0) is 42.8 Å². The highest BCUT2D eigenvalue weighted by Crippen LogP contribution is 2.33. The Bertz CT molecular complexity index is 525. The molecule has 1 aromatic heterocycles. The number of halogens is 2. The maximum atomic E-state index is 6.18. The van der Waals surface area contributed by atoms with Crippen molar-refractivity contribution in [2.24, 2.45) is 5.84 Å². The second-order valence-electron chi connectivity index (χ2n) is 3.71. The van der Waals surface area contributed by atoms with E-state index in [9.17, 15) is 0 Å². The molecule has 3 N–H and O–H groups in total. The molecular formula is C12H12Cl2N2S. The molecule has 2 aromatic rings. The minimum absolute atomic E-state index is 0.125. The molecule has 1 unspecified atom stereocenters. The van der Waals surface area contributed by atoms with Crippen LogP contribution in [0.5, 0.6) is 0 Å². The number of thiophene rings is 1. The van der Waals surface area contributed by atoms with Crippen LogP contribution in [0.15, 0.2) is 30.3 Å². The number of benzene rings is 1. The number of rotatable bonds is 3. The summed E-state index contributed by atoms with van der Waals surface area (Å²) in [5.74, 6) is 5.62. The number of hydrogen-bond acceptors (Lipinski definition) is 3. The molecule has 0 fully saturated rings. The topological polar surface area (TPSA) is 38.0 Å². The number of aryl methyl sites for hydroxylation is 1. The molecule has 5 heteroatoms. The van der Waals surface area contributed by atoms with Crippen molar-refractivity contribution in [3.05, 3.63) is 55.7 Å². The summed E-state index contributed by atoms with van der Waals surface area (Å²) in [6.07, 6.45) is 0. The zero-order valence-corrected chi connectivity index (χ0v) is 11.5. The summed E-state index contributed by atoms with van der Waals surface area (Å²) in [5, 5.41) is 1.31. The van der Waals surface area contributed by atoms with Gasteiger partial charge < -0.3 is 0 Å². The highest BCUT2D eigenvalue weighted by molar-refractivity contribution is 7.12. The Labute approximate surface area is 114 Å². The molecule has 0 saturated carbocycles. The SMILES string of the molecule is Cc1ccc(C(NN)c2cc(Cl)ccc2Cl)s1. The van der Waals surface area contributed by atoms with E-state index in [1.807, 2.05) is 12.1 Å². The molecular weight excluding hydrogens is 275 g/mol. The fourth-order valence-electron chi connectivity index (χ4n) is 1.67. The summed E-state index contributed by atoms with van der Waals surface area (Å²) in [7, 11) is 0. The van der Waals surface area contributed by atoms with Crippen LogP contribution in [0.2, 0.25) is 10.0 Å². The van der Waals surface area contributed by atoms with Crippen LogP contribution in [-0.2, 0) is 0 Å². The molecule has 0 aliphatic carbocycles. The number of nitrogens with one attached hydrogen (secondary N) is 1. The van der Waals surface area contributed by atoms with E-state index in [1.165, 1.54) is 4.88 Å². The third-order valence-corrected chi connectivity index (χ3v) is 4.13. The van der Waals surface area contributed by atoms with E-state index in [1.54, 1.807) is 23.5 Å². The first-order valence-electron chi connectivity index (χ1n) is 5.09. The van der Waals surface area contributed by atoms with Crippen LogP contribution in [-0.4, -0.2) is 0 Å². The average Bonchev–Trinajstić information content (AvgIpc) is 2.71. The van der Waals surface area contributed by atoms with Crippen LogP contribution in [0.25, 0.3) is 0 Å². The summed E-state index contributed by atoms with van der Waals surface area (Å²) in [6, 6.07) is 9.36. The first-order chi connectivity index (χ1) is 8.11. The van der Waals surface area contributed by atoms with Crippen LogP contribution in [0.4, 0.5) is 0 Å². The van der Waals surface area contributed by atoms with Crippen molar-refractivity contribution in [3.63, 3.8) is 0 Å². The predicted molar refractivity (Wildman–Crippen MR) is 74.7 cm³/mol. The number of nitrogens with two attached hydrogens (primary N) is 1. The fraction of sp³-hybridized carbons (Fsp3) is 0.167. The van der Waals surface area contributed by atoms with Gasteiger partial charge in [0.05, 0.1) is 6.04 Å². The zero-order valence-electron chi connectivity index (χ0n) is 9.21. The highest BCUT2D eigenvalue weighted by atomic mass is 35.5. The summed E-state index contributed by atoms with van der Waals surface area (Å²) >= 11 is 13.8. The van der Waals surface area contributed by atoms with Crippen molar-refractivity contribution in [2.45, 2.75) is 13.0 Å². The third-order valence-electron chi connectivity index (χ3n) is 2.48. The maximum absolute atomic E-state index is 6.18. The summed E-state index contributed by atoms with van der Waals surface area (Å²) in [4.78, 5) is 2.35. The van der Waals surface area contributed by atoms with Crippen LogP contribution in [0.3, 0.4) is 0 Å². The van der Waals surface area contributed by atoms with Gasteiger partial charge in [0.15, 0.2) is 0 Å². The monoisotopic (exact) mass is 286 g/mol. The molecule has 0 saturated heterocycles. The molecule has 1 aromatic carbocycles. The van der Waals surface area contributed by atoms with Crippen molar-refractivity contribution in [2.75, 3.05) is 0 Å². The molecule has 0 aliphatic rings. The van der Waals surface area contributed by atoms with Gasteiger partial charge in [-0.1, -0.05) is 23.2 Å². The molecule has 90 valence electrons. The van der Waals surface area contributed by atoms with E-state index < -0.39 is 0 Å². The van der Waals surface area contributed by atoms with Crippen molar-refractivity contribution >= 4 is 34.5 Å². The number of hydrogen-bond donors (Lipinski definition) is 2. The van der Waals surface area contributed by atoms with Crippen molar-refractivity contribution in [1.29, 1.82) is 0 Å². The average molecular weight is 287 g/mol. The van der Waals surface area contributed by atoms with E-state index in [-0.39, 0.29) is 6.04 Å². The third kappa shape index (κ3) is 2.81. The van der Waals surface area contributed by atoms with Crippen molar-refractivity contribution in [1.82, 2.24) is 5.43 Å². The van der Waals surface area contributed by atoms with Gasteiger partial charge in [-0.25, -0.2) is 5.43 Å². The first-order valence-corrected chi connectivity index (χ1v) is 6.66. The van der Waals surface area contributed by atoms with E-state index in [2.05, 4.69) is 18.4 Å². The second-order valence-corrected chi connectivity index (χ2v) is 5.88. The minimum Gasteiger partial charge on any atom is -0.271 e. The molecule has 1 heterocycles. The largest absolute Gasteiger partial charge is 0.271 e. The standard InChI is InChI=1S/C12H12Cl2N2S/c1-7-2-5-11(17-7)12(16-15)9-6-8(13)3-4-10(9)14/h2-6,12,16H,15H2,1H3. The van der Waals surface area contributed by atoms with E-state index in [0.717, 1.165) is 10.4 Å². The lowest BCUT2D eigenvalue weighted by atomic mass is 10.1. The highest BCUT2D eigenvalue weighted by Gasteiger charge is 2.17. The summed E-state index contributed by atoms with van der Waals surface area (Å²) < 4.78 is 0. The van der Waals surface area contributed by atoms with Gasteiger partial charge >= 0.3 is 0 Å². The van der Waals surface area contributed by atoms with Crippen molar-refractivity contribution < 1.29 is 0 Å². The Balaban J connectivity index is 2.45. The van der Waals surface area contributed by atoms with E-state index in [4.69, 9.17) is 29.0 Å². The lowest BCUT2D eigenvalue weighted by Gasteiger charge is -2.16. The van der Waals surface area contributed by atoms with E-state index in [0.29, 0.717) is 10.0 Å². The van der Waals surface area contributed by atoms with Gasteiger partial charge in [0, 0.05) is 19.8 Å². The van der Waals surface area contributed by atoms with Gasteiger partial charge in [0.1, 0.15) is 0 Å². The van der Waals surface area contributed by atoms with Gasteiger partial charge in [0.25, 0.3) is 0 Å². The Morgan fingerprint density at radius 2 is 2.00 bits per heavy atom. The molecule has 0 aliphatic heterocycles. The van der Waals surface area contributed by atoms with Gasteiger partial charge in [-0.3, -0.25) is 5.84 Å². The van der Waals surface area contributed by atoms with Gasteiger partial charge in [-0.15, -0.1) is 11.3 Å². The predicted octanol–water partition coefficient (Wildman–Crippen LogP) is 3.92. The zero-order chi connectivity index (χ0) is 12.4. The lowest BCUT2D eigenvalue weighted by Crippen LogP contribution is -2.28. The van der Waals surface area contributed by atoms with Crippen LogP contribution in [0.1, 0.15) is 21.4 Å². The molecule has 0 amide bonds. The minimum atomic E-state index is -0.125. The first kappa shape index (κ1) is 12.9. The van der Waals surface area contributed by atoms with Gasteiger partial charge in [0.2, 0.25) is 0 Å². The Kier molecular flexibility index (Phi) is 4.07. The van der Waals surface area contributed by atoms with Gasteiger partial charge in [-0.2, -0.15) is 0 Å². The smallest absolute Gasteiger partial charge is 0.0817 e. The molecule has 2 nitrogen and oxygen atoms in total. The maximum Gasteiger partial charge on any atom is 0.0817 e. The summed E-state index contributed by atoms with van der Waals surface area (Å²) in [5.41, 5.74) is 3.68. The molecule has 0 bridgehead atoms. The number of hydrazine groups is 1. The molecule has 1 atom stereocenters. The van der Waals surface area contributed by atoms with Crippen LogP contribution in [0, 0.1) is 6.92 Å². The van der Waals surface area contributed by atoms with Crippen molar-refractivity contribution in [3.8, 4) is 0 Å². The van der Waals surface area contributed by atoms with Crippen LogP contribution >= 0.6 is 34.5 Å². The second kappa shape index (κ2) is 5.38. The van der Waals surface area contributed by atoms with Crippen LogP contribution < -0.4 is 11.3 Å². The quantitative estimate of drug-likeness (QED) is 0.663. The Morgan fingerprint density at radius 3 is 2.59 bits per heavy atom.